The minimum Gasteiger partial charge on any atom is -0.352 e. The van der Waals surface area contributed by atoms with Crippen LogP contribution in [0.2, 0.25) is 0 Å². The van der Waals surface area contributed by atoms with Gasteiger partial charge in [0.2, 0.25) is 0 Å². The van der Waals surface area contributed by atoms with Crippen LogP contribution in [-0.2, 0) is 0 Å². The number of anilines is 1. The molecule has 2 heterocycles. The highest BCUT2D eigenvalue weighted by Crippen LogP contribution is 2.20. The number of hydrogen-bond donors (Lipinski definition) is 2. The Morgan fingerprint density at radius 2 is 2.55 bits per heavy atom. The molecule has 0 aromatic carbocycles. The standard InChI is InChI=1S/C14H18FN5/c1-3-7-18-14(16-2)19-11-6-9-20(10-11)13-12(15)5-4-8-17-13/h1,4-5,8,11H,6-7,9-10H2,2H3,(H2,16,18,19). The van der Waals surface area contributed by atoms with Gasteiger partial charge in [-0.15, -0.1) is 6.42 Å². The molecule has 0 spiro atoms. The van der Waals surface area contributed by atoms with Crippen molar-refractivity contribution in [3.05, 3.63) is 24.1 Å². The van der Waals surface area contributed by atoms with Crippen LogP contribution < -0.4 is 15.5 Å². The maximum atomic E-state index is 13.7. The lowest BCUT2D eigenvalue weighted by Crippen LogP contribution is -2.44. The zero-order chi connectivity index (χ0) is 14.4. The Morgan fingerprint density at radius 3 is 3.25 bits per heavy atom. The molecule has 2 rings (SSSR count). The number of hydrogen-bond acceptors (Lipinski definition) is 3. The molecule has 20 heavy (non-hydrogen) atoms. The van der Waals surface area contributed by atoms with Crippen LogP contribution in [0, 0.1) is 18.2 Å². The number of nitrogens with one attached hydrogen (secondary N) is 2. The SMILES string of the molecule is C#CCNC(=NC)NC1CCN(c2ncccc2F)C1. The largest absolute Gasteiger partial charge is 0.352 e. The average molecular weight is 275 g/mol. The maximum Gasteiger partial charge on any atom is 0.192 e. The van der Waals surface area contributed by atoms with Crippen molar-refractivity contribution in [1.82, 2.24) is 15.6 Å². The summed E-state index contributed by atoms with van der Waals surface area (Å²) in [5, 5.41) is 6.28. The molecular formula is C14H18FN5. The summed E-state index contributed by atoms with van der Waals surface area (Å²) < 4.78 is 13.7. The molecule has 0 radical (unpaired) electrons. The van der Waals surface area contributed by atoms with Crippen LogP contribution in [0.3, 0.4) is 0 Å². The van der Waals surface area contributed by atoms with Crippen LogP contribution in [0.25, 0.3) is 0 Å². The fraction of sp³-hybridized carbons (Fsp3) is 0.429. The minimum atomic E-state index is -0.289. The minimum absolute atomic E-state index is 0.195. The zero-order valence-corrected chi connectivity index (χ0v) is 11.4. The van der Waals surface area contributed by atoms with Gasteiger partial charge in [-0.1, -0.05) is 5.92 Å². The summed E-state index contributed by atoms with van der Waals surface area (Å²) in [6, 6.07) is 3.22. The Bertz CT molecular complexity index is 523. The van der Waals surface area contributed by atoms with Crippen molar-refractivity contribution in [3.8, 4) is 12.3 Å². The molecule has 106 valence electrons. The van der Waals surface area contributed by atoms with Crippen molar-refractivity contribution in [2.75, 3.05) is 31.6 Å². The van der Waals surface area contributed by atoms with E-state index >= 15 is 0 Å². The van der Waals surface area contributed by atoms with Gasteiger partial charge in [0.05, 0.1) is 6.54 Å². The van der Waals surface area contributed by atoms with Gasteiger partial charge in [0.15, 0.2) is 17.6 Å². The van der Waals surface area contributed by atoms with E-state index in [1.807, 2.05) is 4.90 Å². The first-order valence-corrected chi connectivity index (χ1v) is 6.50. The lowest BCUT2D eigenvalue weighted by atomic mass is 10.3. The predicted molar refractivity (Wildman–Crippen MR) is 78.1 cm³/mol. The normalized spacial score (nSPS) is 18.8. The highest BCUT2D eigenvalue weighted by molar-refractivity contribution is 5.80. The summed E-state index contributed by atoms with van der Waals surface area (Å²) in [6.45, 7) is 1.87. The number of nitrogens with zero attached hydrogens (tertiary/aromatic N) is 3. The number of aromatic nitrogens is 1. The van der Waals surface area contributed by atoms with Gasteiger partial charge < -0.3 is 15.5 Å². The Labute approximate surface area is 118 Å². The van der Waals surface area contributed by atoms with Crippen LogP contribution in [0.4, 0.5) is 10.2 Å². The molecule has 1 aliphatic heterocycles. The second-order valence-corrected chi connectivity index (χ2v) is 4.51. The third kappa shape index (κ3) is 3.38. The Morgan fingerprint density at radius 1 is 1.70 bits per heavy atom. The van der Waals surface area contributed by atoms with E-state index in [9.17, 15) is 4.39 Å². The Balaban J connectivity index is 1.93. The van der Waals surface area contributed by atoms with Crippen molar-refractivity contribution in [3.63, 3.8) is 0 Å². The first-order chi connectivity index (χ1) is 9.74. The van der Waals surface area contributed by atoms with E-state index in [4.69, 9.17) is 6.42 Å². The lowest BCUT2D eigenvalue weighted by molar-refractivity contribution is 0.613. The van der Waals surface area contributed by atoms with E-state index < -0.39 is 0 Å². The summed E-state index contributed by atoms with van der Waals surface area (Å²) in [5.74, 6) is 3.28. The fourth-order valence-corrected chi connectivity index (χ4v) is 2.20. The van der Waals surface area contributed by atoms with Gasteiger partial charge in [0.25, 0.3) is 0 Å². The van der Waals surface area contributed by atoms with Crippen LogP contribution >= 0.6 is 0 Å². The quantitative estimate of drug-likeness (QED) is 0.482. The molecule has 1 atom stereocenters. The molecule has 0 amide bonds. The van der Waals surface area contributed by atoms with Crippen LogP contribution in [0.15, 0.2) is 23.3 Å². The zero-order valence-electron chi connectivity index (χ0n) is 11.4. The molecule has 1 aliphatic rings. The third-order valence-electron chi connectivity index (χ3n) is 3.15. The highest BCUT2D eigenvalue weighted by atomic mass is 19.1. The second-order valence-electron chi connectivity index (χ2n) is 4.51. The van der Waals surface area contributed by atoms with Crippen LogP contribution in [0.5, 0.6) is 0 Å². The Kier molecular flexibility index (Phi) is 4.77. The number of aliphatic imine (C=N–C) groups is 1. The number of halogens is 1. The summed E-state index contributed by atoms with van der Waals surface area (Å²) in [5.41, 5.74) is 0. The van der Waals surface area contributed by atoms with Crippen LogP contribution in [-0.4, -0.2) is 43.7 Å². The van der Waals surface area contributed by atoms with Gasteiger partial charge in [0.1, 0.15) is 0 Å². The molecular weight excluding hydrogens is 257 g/mol. The molecule has 6 heteroatoms. The van der Waals surface area contributed by atoms with E-state index in [0.717, 1.165) is 13.0 Å². The average Bonchev–Trinajstić information content (AvgIpc) is 2.92. The lowest BCUT2D eigenvalue weighted by Gasteiger charge is -2.19. The molecule has 1 fully saturated rings. The van der Waals surface area contributed by atoms with Gasteiger partial charge in [-0.25, -0.2) is 9.37 Å². The summed E-state index contributed by atoms with van der Waals surface area (Å²) in [4.78, 5) is 10.1. The van der Waals surface area contributed by atoms with Crippen molar-refractivity contribution >= 4 is 11.8 Å². The van der Waals surface area contributed by atoms with E-state index in [1.165, 1.54) is 6.07 Å². The van der Waals surface area contributed by atoms with Gasteiger partial charge in [0, 0.05) is 32.4 Å². The van der Waals surface area contributed by atoms with Crippen molar-refractivity contribution < 1.29 is 4.39 Å². The molecule has 1 aromatic rings. The van der Waals surface area contributed by atoms with Crippen molar-refractivity contribution in [2.24, 2.45) is 4.99 Å². The van der Waals surface area contributed by atoms with E-state index in [-0.39, 0.29) is 11.9 Å². The maximum absolute atomic E-state index is 13.7. The smallest absolute Gasteiger partial charge is 0.192 e. The summed E-state index contributed by atoms with van der Waals surface area (Å²) in [6.07, 6.45) is 7.70. The monoisotopic (exact) mass is 275 g/mol. The third-order valence-corrected chi connectivity index (χ3v) is 3.15. The highest BCUT2D eigenvalue weighted by Gasteiger charge is 2.25. The van der Waals surface area contributed by atoms with Crippen LogP contribution in [0.1, 0.15) is 6.42 Å². The predicted octanol–water partition coefficient (Wildman–Crippen LogP) is 0.598. The molecule has 1 unspecified atom stereocenters. The number of guanidine groups is 1. The topological polar surface area (TPSA) is 52.6 Å². The molecule has 0 bridgehead atoms. The van der Waals surface area contributed by atoms with E-state index in [1.54, 1.807) is 19.3 Å². The summed E-state index contributed by atoms with van der Waals surface area (Å²) in [7, 11) is 1.69. The molecule has 1 aromatic heterocycles. The first kappa shape index (κ1) is 14.1. The number of pyridine rings is 1. The molecule has 5 nitrogen and oxygen atoms in total. The molecule has 1 saturated heterocycles. The molecule has 0 saturated carbocycles. The van der Waals surface area contributed by atoms with Crippen molar-refractivity contribution in [2.45, 2.75) is 12.5 Å². The summed E-state index contributed by atoms with van der Waals surface area (Å²) >= 11 is 0. The van der Waals surface area contributed by atoms with E-state index in [2.05, 4.69) is 26.5 Å². The molecule has 2 N–H and O–H groups in total. The van der Waals surface area contributed by atoms with Gasteiger partial charge in [-0.05, 0) is 18.6 Å². The molecule has 0 aliphatic carbocycles. The number of terminal acetylenes is 1. The van der Waals surface area contributed by atoms with Gasteiger partial charge >= 0.3 is 0 Å². The van der Waals surface area contributed by atoms with Gasteiger partial charge in [-0.2, -0.15) is 0 Å². The van der Waals surface area contributed by atoms with Crippen molar-refractivity contribution in [1.29, 1.82) is 0 Å². The number of rotatable bonds is 3. The van der Waals surface area contributed by atoms with E-state index in [0.29, 0.717) is 24.9 Å². The first-order valence-electron chi connectivity index (χ1n) is 6.50. The Hall–Kier alpha value is -2.29. The fourth-order valence-electron chi connectivity index (χ4n) is 2.20. The second kappa shape index (κ2) is 6.75. The van der Waals surface area contributed by atoms with Gasteiger partial charge in [-0.3, -0.25) is 4.99 Å².